The van der Waals surface area contributed by atoms with Gasteiger partial charge in [0.2, 0.25) is 5.91 Å². The molecule has 2 fully saturated rings. The van der Waals surface area contributed by atoms with Gasteiger partial charge in [-0.15, -0.1) is 0 Å². The summed E-state index contributed by atoms with van der Waals surface area (Å²) in [6, 6.07) is 8.23. The molecule has 0 aliphatic carbocycles. The molecule has 2 saturated heterocycles. The van der Waals surface area contributed by atoms with Gasteiger partial charge in [-0.1, -0.05) is 26.0 Å². The number of morpholine rings is 1. The van der Waals surface area contributed by atoms with E-state index >= 15 is 0 Å². The molecule has 27 heavy (non-hydrogen) atoms. The number of carbonyl (C=O) groups excluding carboxylic acids is 1. The lowest BCUT2D eigenvalue weighted by molar-refractivity contribution is -0.117. The van der Waals surface area contributed by atoms with Gasteiger partial charge in [0.25, 0.3) is 0 Å². The fourth-order valence-corrected chi connectivity index (χ4v) is 3.76. The normalized spacial score (nSPS) is 20.1. The molecule has 2 aliphatic rings. The third-order valence-corrected chi connectivity index (χ3v) is 5.20. The number of carbonyl (C=O) groups is 1. The van der Waals surface area contributed by atoms with Crippen LogP contribution in [0, 0.1) is 5.92 Å². The standard InChI is InChI=1S/C21H34N4O2/c1-18(2)15-23-7-9-24(10-8-23)17-21(26)22-20-5-3-19(4-6-20)16-25-11-13-27-14-12-25/h3-6,18H,7-17H2,1-2H3,(H,22,26). The predicted molar refractivity (Wildman–Crippen MR) is 109 cm³/mol. The molecule has 1 aromatic carbocycles. The van der Waals surface area contributed by atoms with Crippen LogP contribution in [0.1, 0.15) is 19.4 Å². The summed E-state index contributed by atoms with van der Waals surface area (Å²) >= 11 is 0. The van der Waals surface area contributed by atoms with Gasteiger partial charge in [0.15, 0.2) is 0 Å². The van der Waals surface area contributed by atoms with E-state index in [-0.39, 0.29) is 5.91 Å². The van der Waals surface area contributed by atoms with Crippen LogP contribution in [0.4, 0.5) is 5.69 Å². The lowest BCUT2D eigenvalue weighted by atomic mass is 10.2. The molecular formula is C21H34N4O2. The Morgan fingerprint density at radius 3 is 2.22 bits per heavy atom. The zero-order valence-corrected chi connectivity index (χ0v) is 16.8. The van der Waals surface area contributed by atoms with Crippen LogP contribution in [0.5, 0.6) is 0 Å². The second-order valence-electron chi connectivity index (χ2n) is 8.10. The Morgan fingerprint density at radius 2 is 1.59 bits per heavy atom. The van der Waals surface area contributed by atoms with E-state index in [2.05, 4.69) is 46.0 Å². The molecule has 0 spiro atoms. The molecule has 1 N–H and O–H groups in total. The van der Waals surface area contributed by atoms with Crippen molar-refractivity contribution in [3.63, 3.8) is 0 Å². The minimum atomic E-state index is 0.0771. The number of hydrogen-bond donors (Lipinski definition) is 1. The number of nitrogens with one attached hydrogen (secondary N) is 1. The van der Waals surface area contributed by atoms with Crippen molar-refractivity contribution in [2.75, 3.05) is 70.9 Å². The van der Waals surface area contributed by atoms with E-state index in [0.717, 1.165) is 71.3 Å². The molecule has 0 saturated carbocycles. The monoisotopic (exact) mass is 374 g/mol. The third kappa shape index (κ3) is 6.88. The molecule has 150 valence electrons. The summed E-state index contributed by atoms with van der Waals surface area (Å²) < 4.78 is 5.39. The molecule has 6 heteroatoms. The van der Waals surface area contributed by atoms with Gasteiger partial charge in [0, 0.05) is 58.0 Å². The van der Waals surface area contributed by atoms with Crippen molar-refractivity contribution in [2.24, 2.45) is 5.92 Å². The van der Waals surface area contributed by atoms with Gasteiger partial charge in [-0.2, -0.15) is 0 Å². The molecule has 2 aliphatic heterocycles. The van der Waals surface area contributed by atoms with Crippen LogP contribution >= 0.6 is 0 Å². The first-order chi connectivity index (χ1) is 13.1. The van der Waals surface area contributed by atoms with Gasteiger partial charge in [-0.25, -0.2) is 0 Å². The molecule has 3 rings (SSSR count). The first-order valence-electron chi connectivity index (χ1n) is 10.2. The summed E-state index contributed by atoms with van der Waals surface area (Å²) in [5.74, 6) is 0.777. The number of benzene rings is 1. The summed E-state index contributed by atoms with van der Waals surface area (Å²) in [6.45, 7) is 14.8. The van der Waals surface area contributed by atoms with Gasteiger partial charge >= 0.3 is 0 Å². The van der Waals surface area contributed by atoms with Crippen molar-refractivity contribution < 1.29 is 9.53 Å². The number of ether oxygens (including phenoxy) is 1. The number of anilines is 1. The molecule has 1 amide bonds. The highest BCUT2D eigenvalue weighted by Gasteiger charge is 2.19. The maximum absolute atomic E-state index is 12.4. The molecule has 1 aromatic rings. The van der Waals surface area contributed by atoms with E-state index in [0.29, 0.717) is 12.5 Å². The van der Waals surface area contributed by atoms with E-state index in [1.165, 1.54) is 5.56 Å². The van der Waals surface area contributed by atoms with Gasteiger partial charge in [-0.05, 0) is 23.6 Å². The molecule has 6 nitrogen and oxygen atoms in total. The average Bonchev–Trinajstić information content (AvgIpc) is 2.65. The number of amides is 1. The molecule has 0 atom stereocenters. The average molecular weight is 375 g/mol. The number of piperazine rings is 1. The number of rotatable bonds is 7. The summed E-state index contributed by atoms with van der Waals surface area (Å²) in [5.41, 5.74) is 2.15. The van der Waals surface area contributed by atoms with Crippen LogP contribution in [-0.4, -0.2) is 86.2 Å². The smallest absolute Gasteiger partial charge is 0.238 e. The minimum absolute atomic E-state index is 0.0771. The summed E-state index contributed by atoms with van der Waals surface area (Å²) in [5, 5.41) is 3.04. The first-order valence-corrected chi connectivity index (χ1v) is 10.2. The van der Waals surface area contributed by atoms with Crippen molar-refractivity contribution >= 4 is 11.6 Å². The highest BCUT2D eigenvalue weighted by atomic mass is 16.5. The fraction of sp³-hybridized carbons (Fsp3) is 0.667. The van der Waals surface area contributed by atoms with Crippen molar-refractivity contribution in [3.8, 4) is 0 Å². The molecule has 2 heterocycles. The summed E-state index contributed by atoms with van der Waals surface area (Å²) in [4.78, 5) is 19.5. The van der Waals surface area contributed by atoms with E-state index < -0.39 is 0 Å². The maximum Gasteiger partial charge on any atom is 0.238 e. The van der Waals surface area contributed by atoms with Crippen LogP contribution in [0.25, 0.3) is 0 Å². The van der Waals surface area contributed by atoms with Gasteiger partial charge in [0.05, 0.1) is 19.8 Å². The quantitative estimate of drug-likeness (QED) is 0.788. The van der Waals surface area contributed by atoms with Crippen LogP contribution in [-0.2, 0) is 16.1 Å². The second-order valence-corrected chi connectivity index (χ2v) is 8.10. The van der Waals surface area contributed by atoms with Crippen LogP contribution in [0.2, 0.25) is 0 Å². The molecule has 0 radical (unpaired) electrons. The van der Waals surface area contributed by atoms with E-state index in [9.17, 15) is 4.79 Å². The van der Waals surface area contributed by atoms with Crippen molar-refractivity contribution in [1.82, 2.24) is 14.7 Å². The zero-order chi connectivity index (χ0) is 19.1. The van der Waals surface area contributed by atoms with Gasteiger partial charge in [-0.3, -0.25) is 14.6 Å². The summed E-state index contributed by atoms with van der Waals surface area (Å²) in [7, 11) is 0. The lowest BCUT2D eigenvalue weighted by Gasteiger charge is -2.35. The fourth-order valence-electron chi connectivity index (χ4n) is 3.76. The lowest BCUT2D eigenvalue weighted by Crippen LogP contribution is -2.49. The highest BCUT2D eigenvalue weighted by molar-refractivity contribution is 5.92. The van der Waals surface area contributed by atoms with Crippen molar-refractivity contribution in [1.29, 1.82) is 0 Å². The SMILES string of the molecule is CC(C)CN1CCN(CC(=O)Nc2ccc(CN3CCOCC3)cc2)CC1. The Bertz CT molecular complexity index is 576. The van der Waals surface area contributed by atoms with Gasteiger partial charge in [0.1, 0.15) is 0 Å². The number of hydrogen-bond acceptors (Lipinski definition) is 5. The molecular weight excluding hydrogens is 340 g/mol. The van der Waals surface area contributed by atoms with Crippen molar-refractivity contribution in [2.45, 2.75) is 20.4 Å². The third-order valence-electron chi connectivity index (χ3n) is 5.20. The van der Waals surface area contributed by atoms with Crippen LogP contribution in [0.15, 0.2) is 24.3 Å². The van der Waals surface area contributed by atoms with Gasteiger partial charge < -0.3 is 15.0 Å². The second kappa shape index (κ2) is 10.2. The Morgan fingerprint density at radius 1 is 0.963 bits per heavy atom. The molecule has 0 bridgehead atoms. The largest absolute Gasteiger partial charge is 0.379 e. The number of nitrogens with zero attached hydrogens (tertiary/aromatic N) is 3. The Labute approximate surface area is 163 Å². The zero-order valence-electron chi connectivity index (χ0n) is 16.8. The minimum Gasteiger partial charge on any atom is -0.379 e. The van der Waals surface area contributed by atoms with Crippen LogP contribution in [0.3, 0.4) is 0 Å². The van der Waals surface area contributed by atoms with E-state index in [1.54, 1.807) is 0 Å². The summed E-state index contributed by atoms with van der Waals surface area (Å²) in [6.07, 6.45) is 0. The van der Waals surface area contributed by atoms with E-state index in [1.807, 2.05) is 12.1 Å². The topological polar surface area (TPSA) is 48.0 Å². The predicted octanol–water partition coefficient (Wildman–Crippen LogP) is 1.73. The molecule has 0 unspecified atom stereocenters. The maximum atomic E-state index is 12.4. The first kappa shape index (κ1) is 20.3. The highest BCUT2D eigenvalue weighted by Crippen LogP contribution is 2.13. The van der Waals surface area contributed by atoms with Crippen molar-refractivity contribution in [3.05, 3.63) is 29.8 Å². The Balaban J connectivity index is 1.39. The Kier molecular flexibility index (Phi) is 7.64. The molecule has 0 aromatic heterocycles. The van der Waals surface area contributed by atoms with E-state index in [4.69, 9.17) is 4.74 Å². The Hall–Kier alpha value is -1.47. The van der Waals surface area contributed by atoms with Crippen LogP contribution < -0.4 is 5.32 Å².